The van der Waals surface area contributed by atoms with Crippen LogP contribution < -0.4 is 4.74 Å². The Bertz CT molecular complexity index is 744. The zero-order valence-electron chi connectivity index (χ0n) is 15.9. The molecule has 2 N–H and O–H groups in total. The zero-order valence-corrected chi connectivity index (χ0v) is 16.6. The average molecular weight is 407 g/mol. The first kappa shape index (κ1) is 20.9. The Labute approximate surface area is 170 Å². The summed E-state index contributed by atoms with van der Waals surface area (Å²) in [5.41, 5.74) is 1.72. The SMILES string of the molecule is O=C(O)CCCC=CC[C@@H]1[C@@H](COc2cccc3c2CCC3=O)[C@H](O)C[C@H]1Cl. The van der Waals surface area contributed by atoms with E-state index in [0.717, 1.165) is 29.7 Å². The number of fused-ring (bicyclic) bond motifs is 1. The fourth-order valence-corrected chi connectivity index (χ4v) is 4.68. The summed E-state index contributed by atoms with van der Waals surface area (Å²) in [5, 5.41) is 19.0. The second-order valence-corrected chi connectivity index (χ2v) is 8.22. The predicted molar refractivity (Wildman–Crippen MR) is 107 cm³/mol. The van der Waals surface area contributed by atoms with Gasteiger partial charge in [0.2, 0.25) is 0 Å². The van der Waals surface area contributed by atoms with Crippen molar-refractivity contribution in [1.29, 1.82) is 0 Å². The van der Waals surface area contributed by atoms with Crippen molar-refractivity contribution >= 4 is 23.4 Å². The number of ketones is 1. The van der Waals surface area contributed by atoms with Gasteiger partial charge in [-0.2, -0.15) is 0 Å². The van der Waals surface area contributed by atoms with Crippen LogP contribution in [0, 0.1) is 11.8 Å². The largest absolute Gasteiger partial charge is 0.493 e. The molecule has 0 unspecified atom stereocenters. The second-order valence-electron chi connectivity index (χ2n) is 7.66. The van der Waals surface area contributed by atoms with Gasteiger partial charge in [0.25, 0.3) is 0 Å². The molecule has 3 rings (SSSR count). The molecule has 0 radical (unpaired) electrons. The minimum Gasteiger partial charge on any atom is -0.493 e. The molecule has 1 saturated carbocycles. The van der Waals surface area contributed by atoms with E-state index in [0.29, 0.717) is 32.3 Å². The molecule has 0 amide bonds. The number of carbonyl (C=O) groups is 2. The highest BCUT2D eigenvalue weighted by molar-refractivity contribution is 6.21. The number of rotatable bonds is 9. The van der Waals surface area contributed by atoms with Gasteiger partial charge in [-0.25, -0.2) is 0 Å². The van der Waals surface area contributed by atoms with Gasteiger partial charge in [0.1, 0.15) is 5.75 Å². The summed E-state index contributed by atoms with van der Waals surface area (Å²) in [4.78, 5) is 22.4. The number of aliphatic hydroxyl groups excluding tert-OH is 1. The first-order valence-electron chi connectivity index (χ1n) is 9.94. The molecule has 4 atom stereocenters. The van der Waals surface area contributed by atoms with Gasteiger partial charge in [-0.15, -0.1) is 11.6 Å². The summed E-state index contributed by atoms with van der Waals surface area (Å²) in [5.74, 6) is 0.147. The van der Waals surface area contributed by atoms with Crippen LogP contribution in [0.1, 0.15) is 54.4 Å². The number of hydrogen-bond acceptors (Lipinski definition) is 4. The average Bonchev–Trinajstić information content (AvgIpc) is 3.16. The molecule has 5 nitrogen and oxygen atoms in total. The van der Waals surface area contributed by atoms with Gasteiger partial charge in [0.05, 0.1) is 12.7 Å². The van der Waals surface area contributed by atoms with Crippen LogP contribution in [0.2, 0.25) is 0 Å². The van der Waals surface area contributed by atoms with Crippen molar-refractivity contribution in [3.05, 3.63) is 41.5 Å². The normalized spacial score (nSPS) is 26.7. The Morgan fingerprint density at radius 3 is 2.86 bits per heavy atom. The number of halogens is 1. The van der Waals surface area contributed by atoms with Gasteiger partial charge < -0.3 is 14.9 Å². The maximum atomic E-state index is 11.9. The second kappa shape index (κ2) is 9.57. The van der Waals surface area contributed by atoms with Crippen LogP contribution in [0.4, 0.5) is 0 Å². The summed E-state index contributed by atoms with van der Waals surface area (Å²) in [6.45, 7) is 0.368. The fourth-order valence-electron chi connectivity index (χ4n) is 4.21. The Morgan fingerprint density at radius 1 is 1.25 bits per heavy atom. The molecule has 0 aromatic heterocycles. The van der Waals surface area contributed by atoms with Gasteiger partial charge in [0, 0.05) is 35.3 Å². The van der Waals surface area contributed by atoms with E-state index in [1.54, 1.807) is 0 Å². The molecule has 1 fully saturated rings. The Hall–Kier alpha value is -1.85. The molecule has 152 valence electrons. The molecule has 6 heteroatoms. The molecule has 0 heterocycles. The molecule has 1 aromatic rings. The smallest absolute Gasteiger partial charge is 0.303 e. The maximum Gasteiger partial charge on any atom is 0.303 e. The fraction of sp³-hybridized carbons (Fsp3) is 0.545. The zero-order chi connectivity index (χ0) is 20.1. The highest BCUT2D eigenvalue weighted by Gasteiger charge is 2.41. The number of Topliss-reactive ketones (excluding diaryl/α,β-unsaturated/α-hetero) is 1. The summed E-state index contributed by atoms with van der Waals surface area (Å²) < 4.78 is 6.04. The minimum atomic E-state index is -0.778. The summed E-state index contributed by atoms with van der Waals surface area (Å²) in [6, 6.07) is 5.56. The van der Waals surface area contributed by atoms with E-state index in [2.05, 4.69) is 0 Å². The molecular weight excluding hydrogens is 380 g/mol. The summed E-state index contributed by atoms with van der Waals surface area (Å²) >= 11 is 6.47. The number of carboxylic acid groups (broad SMARTS) is 1. The number of carboxylic acids is 1. The van der Waals surface area contributed by atoms with E-state index in [4.69, 9.17) is 21.4 Å². The maximum absolute atomic E-state index is 11.9. The van der Waals surface area contributed by atoms with Crippen molar-refractivity contribution in [3.8, 4) is 5.75 Å². The molecule has 0 aliphatic heterocycles. The molecule has 2 aliphatic carbocycles. The van der Waals surface area contributed by atoms with Crippen LogP contribution >= 0.6 is 11.6 Å². The Morgan fingerprint density at radius 2 is 2.07 bits per heavy atom. The number of benzene rings is 1. The van der Waals surface area contributed by atoms with E-state index in [1.807, 2.05) is 30.4 Å². The van der Waals surface area contributed by atoms with E-state index >= 15 is 0 Å². The number of alkyl halides is 1. The predicted octanol–water partition coefficient (Wildman–Crippen LogP) is 4.00. The number of hydrogen-bond donors (Lipinski definition) is 2. The Kier molecular flexibility index (Phi) is 7.13. The summed E-state index contributed by atoms with van der Waals surface area (Å²) in [6.07, 6.45) is 7.54. The van der Waals surface area contributed by atoms with Gasteiger partial charge in [-0.3, -0.25) is 9.59 Å². The first-order valence-corrected chi connectivity index (χ1v) is 10.4. The number of carbonyl (C=O) groups excluding carboxylic acids is 1. The number of unbranched alkanes of at least 4 members (excludes halogenated alkanes) is 1. The highest BCUT2D eigenvalue weighted by Crippen LogP contribution is 2.39. The lowest BCUT2D eigenvalue weighted by Gasteiger charge is -2.23. The van der Waals surface area contributed by atoms with Crippen LogP contribution in [-0.2, 0) is 11.2 Å². The highest BCUT2D eigenvalue weighted by atomic mass is 35.5. The van der Waals surface area contributed by atoms with Crippen LogP contribution in [0.15, 0.2) is 30.4 Å². The van der Waals surface area contributed by atoms with Crippen molar-refractivity contribution in [2.24, 2.45) is 11.8 Å². The molecule has 28 heavy (non-hydrogen) atoms. The molecular formula is C22H27ClO5. The molecule has 2 aliphatic rings. The third-order valence-corrected chi connectivity index (χ3v) is 6.28. The van der Waals surface area contributed by atoms with Crippen molar-refractivity contribution in [2.75, 3.05) is 6.61 Å². The molecule has 0 spiro atoms. The van der Waals surface area contributed by atoms with E-state index in [1.165, 1.54) is 0 Å². The van der Waals surface area contributed by atoms with E-state index in [9.17, 15) is 14.7 Å². The van der Waals surface area contributed by atoms with Crippen LogP contribution in [0.5, 0.6) is 5.75 Å². The number of allylic oxidation sites excluding steroid dienone is 2. The lowest BCUT2D eigenvalue weighted by molar-refractivity contribution is -0.137. The van der Waals surface area contributed by atoms with Crippen molar-refractivity contribution in [3.63, 3.8) is 0 Å². The number of aliphatic hydroxyl groups is 1. The third-order valence-electron chi connectivity index (χ3n) is 5.78. The van der Waals surface area contributed by atoms with Gasteiger partial charge >= 0.3 is 5.97 Å². The van der Waals surface area contributed by atoms with E-state index in [-0.39, 0.29) is 29.4 Å². The minimum absolute atomic E-state index is 0.0702. The monoisotopic (exact) mass is 406 g/mol. The van der Waals surface area contributed by atoms with Gasteiger partial charge in [-0.1, -0.05) is 24.3 Å². The quantitative estimate of drug-likeness (QED) is 0.368. The summed E-state index contributed by atoms with van der Waals surface area (Å²) in [7, 11) is 0. The third kappa shape index (κ3) is 4.95. The number of aliphatic carboxylic acids is 1. The van der Waals surface area contributed by atoms with Crippen LogP contribution in [0.3, 0.4) is 0 Å². The number of ether oxygens (including phenoxy) is 1. The van der Waals surface area contributed by atoms with Crippen molar-refractivity contribution in [1.82, 2.24) is 0 Å². The molecule has 1 aromatic carbocycles. The van der Waals surface area contributed by atoms with Crippen LogP contribution in [-0.4, -0.2) is 40.1 Å². The molecule has 0 saturated heterocycles. The lowest BCUT2D eigenvalue weighted by Crippen LogP contribution is -2.27. The van der Waals surface area contributed by atoms with Crippen molar-refractivity contribution in [2.45, 2.75) is 56.4 Å². The lowest BCUT2D eigenvalue weighted by atomic mass is 9.92. The van der Waals surface area contributed by atoms with E-state index < -0.39 is 12.1 Å². The molecule has 0 bridgehead atoms. The van der Waals surface area contributed by atoms with Crippen LogP contribution in [0.25, 0.3) is 0 Å². The topological polar surface area (TPSA) is 83.8 Å². The first-order chi connectivity index (χ1) is 13.5. The van der Waals surface area contributed by atoms with Gasteiger partial charge in [-0.05, 0) is 44.1 Å². The Balaban J connectivity index is 1.57. The van der Waals surface area contributed by atoms with Crippen molar-refractivity contribution < 1.29 is 24.5 Å². The standard InChI is InChI=1S/C22H27ClO5/c23-18-12-20(25)17(14(18)6-3-1-2-4-9-22(26)27)13-28-21-8-5-7-15-16(21)10-11-19(15)24/h1,3,5,7-8,14,17-18,20,25H,2,4,6,9-13H2,(H,26,27)/t14-,17-,18-,20-/m1/s1. The van der Waals surface area contributed by atoms with Gasteiger partial charge in [0.15, 0.2) is 5.78 Å².